The minimum atomic E-state index is -0.360. The molecular weight excluding hydrogens is 252 g/mol. The number of ketones is 1. The van der Waals surface area contributed by atoms with Crippen molar-refractivity contribution in [3.63, 3.8) is 0 Å². The van der Waals surface area contributed by atoms with Gasteiger partial charge in [-0.25, -0.2) is 0 Å². The summed E-state index contributed by atoms with van der Waals surface area (Å²) in [5.74, 6) is 5.04. The number of benzene rings is 1. The summed E-state index contributed by atoms with van der Waals surface area (Å²) in [5.41, 5.74) is 1.13. The molecule has 1 aromatic carbocycles. The SMILES string of the molecule is CCOC(=O)CC#Cc1ccc(C(C)=O)cc1Cl. The maximum absolute atomic E-state index is 11.1. The highest BCUT2D eigenvalue weighted by atomic mass is 35.5. The van der Waals surface area contributed by atoms with E-state index >= 15 is 0 Å². The Morgan fingerprint density at radius 3 is 2.67 bits per heavy atom. The van der Waals surface area contributed by atoms with Crippen LogP contribution in [0.4, 0.5) is 0 Å². The Hall–Kier alpha value is -1.79. The molecule has 0 saturated carbocycles. The highest BCUT2D eigenvalue weighted by Gasteiger charge is 2.03. The maximum Gasteiger partial charge on any atom is 0.317 e. The van der Waals surface area contributed by atoms with E-state index < -0.39 is 0 Å². The molecule has 4 heteroatoms. The second kappa shape index (κ2) is 6.83. The van der Waals surface area contributed by atoms with Crippen molar-refractivity contribution >= 4 is 23.4 Å². The molecule has 0 radical (unpaired) electrons. The third-order valence-corrected chi connectivity index (χ3v) is 2.45. The molecule has 0 heterocycles. The number of carbonyl (C=O) groups excluding carboxylic acids is 2. The summed E-state index contributed by atoms with van der Waals surface area (Å²) in [5, 5.41) is 0.402. The summed E-state index contributed by atoms with van der Waals surface area (Å²) >= 11 is 5.98. The Morgan fingerprint density at radius 2 is 2.11 bits per heavy atom. The van der Waals surface area contributed by atoms with Gasteiger partial charge in [-0.15, -0.1) is 0 Å². The van der Waals surface area contributed by atoms with Crippen LogP contribution < -0.4 is 0 Å². The third kappa shape index (κ3) is 4.23. The van der Waals surface area contributed by atoms with Crippen LogP contribution in [0.5, 0.6) is 0 Å². The Labute approximate surface area is 111 Å². The van der Waals surface area contributed by atoms with Crippen LogP contribution >= 0.6 is 11.6 Å². The lowest BCUT2D eigenvalue weighted by molar-refractivity contribution is -0.141. The average molecular weight is 265 g/mol. The fourth-order valence-corrected chi connectivity index (χ4v) is 1.49. The standard InChI is InChI=1S/C14H13ClO3/c1-3-18-14(17)6-4-5-11-7-8-12(10(2)16)9-13(11)15/h7-9H,3,6H2,1-2H3. The lowest BCUT2D eigenvalue weighted by Gasteiger charge is -1.99. The summed E-state index contributed by atoms with van der Waals surface area (Å²) in [7, 11) is 0. The summed E-state index contributed by atoms with van der Waals surface area (Å²) in [4.78, 5) is 22.2. The van der Waals surface area contributed by atoms with Gasteiger partial charge in [-0.1, -0.05) is 29.5 Å². The first-order chi connectivity index (χ1) is 8.54. The molecule has 0 fully saturated rings. The number of hydrogen-bond acceptors (Lipinski definition) is 3. The van der Waals surface area contributed by atoms with Crippen molar-refractivity contribution in [2.45, 2.75) is 20.3 Å². The van der Waals surface area contributed by atoms with Gasteiger partial charge in [-0.2, -0.15) is 0 Å². The van der Waals surface area contributed by atoms with E-state index in [1.165, 1.54) is 6.92 Å². The minimum Gasteiger partial charge on any atom is -0.465 e. The Balaban J connectivity index is 2.77. The van der Waals surface area contributed by atoms with Crippen molar-refractivity contribution in [3.05, 3.63) is 34.3 Å². The zero-order chi connectivity index (χ0) is 13.5. The molecule has 0 aliphatic heterocycles. The number of carbonyl (C=O) groups is 2. The van der Waals surface area contributed by atoms with Crippen molar-refractivity contribution in [3.8, 4) is 11.8 Å². The molecule has 0 bridgehead atoms. The smallest absolute Gasteiger partial charge is 0.317 e. The summed E-state index contributed by atoms with van der Waals surface area (Å²) in [6, 6.07) is 4.89. The van der Waals surface area contributed by atoms with Crippen LogP contribution in [0.2, 0.25) is 5.02 Å². The third-order valence-electron chi connectivity index (χ3n) is 2.14. The van der Waals surface area contributed by atoms with E-state index in [0.717, 1.165) is 0 Å². The van der Waals surface area contributed by atoms with Crippen molar-refractivity contribution in [2.75, 3.05) is 6.61 Å². The molecule has 0 atom stereocenters. The summed E-state index contributed by atoms with van der Waals surface area (Å²) in [6.07, 6.45) is 0.0264. The zero-order valence-corrected chi connectivity index (χ0v) is 11.0. The van der Waals surface area contributed by atoms with Crippen LogP contribution in [0.1, 0.15) is 36.2 Å². The molecule has 0 spiro atoms. The van der Waals surface area contributed by atoms with Gasteiger partial charge in [0.2, 0.25) is 0 Å². The Kier molecular flexibility index (Phi) is 5.41. The van der Waals surface area contributed by atoms with E-state index in [1.54, 1.807) is 25.1 Å². The predicted octanol–water partition coefficient (Wildman–Crippen LogP) is 2.85. The van der Waals surface area contributed by atoms with E-state index in [2.05, 4.69) is 11.8 Å². The number of halogens is 1. The highest BCUT2D eigenvalue weighted by Crippen LogP contribution is 2.17. The largest absolute Gasteiger partial charge is 0.465 e. The molecule has 94 valence electrons. The van der Waals surface area contributed by atoms with E-state index in [9.17, 15) is 9.59 Å². The van der Waals surface area contributed by atoms with E-state index in [-0.39, 0.29) is 18.2 Å². The average Bonchev–Trinajstić information content (AvgIpc) is 2.31. The van der Waals surface area contributed by atoms with Crippen molar-refractivity contribution in [1.82, 2.24) is 0 Å². The number of rotatable bonds is 3. The van der Waals surface area contributed by atoms with Crippen molar-refractivity contribution in [2.24, 2.45) is 0 Å². The number of esters is 1. The quantitative estimate of drug-likeness (QED) is 0.479. The van der Waals surface area contributed by atoms with Crippen molar-refractivity contribution < 1.29 is 14.3 Å². The van der Waals surface area contributed by atoms with Crippen LogP contribution in [0.15, 0.2) is 18.2 Å². The first-order valence-electron chi connectivity index (χ1n) is 5.49. The van der Waals surface area contributed by atoms with E-state index in [0.29, 0.717) is 22.8 Å². The predicted molar refractivity (Wildman–Crippen MR) is 69.6 cm³/mol. The molecule has 0 amide bonds. The van der Waals surface area contributed by atoms with Gasteiger partial charge in [0.25, 0.3) is 0 Å². The number of hydrogen-bond donors (Lipinski definition) is 0. The molecule has 1 aromatic rings. The molecule has 0 aromatic heterocycles. The maximum atomic E-state index is 11.1. The van der Waals surface area contributed by atoms with Gasteiger partial charge in [0.15, 0.2) is 5.78 Å². The molecule has 0 aliphatic rings. The fourth-order valence-electron chi connectivity index (χ4n) is 1.26. The minimum absolute atomic E-state index is 0.0264. The van der Waals surface area contributed by atoms with Crippen molar-refractivity contribution in [1.29, 1.82) is 0 Å². The lowest BCUT2D eigenvalue weighted by Crippen LogP contribution is -2.01. The number of ether oxygens (including phenoxy) is 1. The van der Waals surface area contributed by atoms with Crippen LogP contribution in [0.25, 0.3) is 0 Å². The Bertz CT molecular complexity index is 524. The van der Waals surface area contributed by atoms with Crippen LogP contribution in [0.3, 0.4) is 0 Å². The van der Waals surface area contributed by atoms with Crippen LogP contribution in [0, 0.1) is 11.8 Å². The molecular formula is C14H13ClO3. The summed E-state index contributed by atoms with van der Waals surface area (Å²) < 4.78 is 4.74. The van der Waals surface area contributed by atoms with Gasteiger partial charge in [0.1, 0.15) is 6.42 Å². The molecule has 1 rings (SSSR count). The molecule has 0 aliphatic carbocycles. The van der Waals surface area contributed by atoms with Crippen LogP contribution in [-0.2, 0) is 9.53 Å². The fraction of sp³-hybridized carbons (Fsp3) is 0.286. The van der Waals surface area contributed by atoms with Gasteiger partial charge >= 0.3 is 5.97 Å². The second-order valence-electron chi connectivity index (χ2n) is 3.53. The lowest BCUT2D eigenvalue weighted by atomic mass is 10.1. The normalized spacial score (nSPS) is 9.28. The highest BCUT2D eigenvalue weighted by molar-refractivity contribution is 6.32. The summed E-state index contributed by atoms with van der Waals surface area (Å²) in [6.45, 7) is 3.55. The molecule has 3 nitrogen and oxygen atoms in total. The molecule has 0 saturated heterocycles. The van der Waals surface area contributed by atoms with Gasteiger partial charge in [0, 0.05) is 11.1 Å². The second-order valence-corrected chi connectivity index (χ2v) is 3.94. The number of Topliss-reactive ketones (excluding diaryl/α,β-unsaturated/α-hetero) is 1. The van der Waals surface area contributed by atoms with Gasteiger partial charge < -0.3 is 4.74 Å². The van der Waals surface area contributed by atoms with E-state index in [4.69, 9.17) is 16.3 Å². The van der Waals surface area contributed by atoms with Gasteiger partial charge in [-0.05, 0) is 26.0 Å². The topological polar surface area (TPSA) is 43.4 Å². The van der Waals surface area contributed by atoms with Gasteiger partial charge in [0.05, 0.1) is 11.6 Å². The molecule has 0 unspecified atom stereocenters. The molecule has 18 heavy (non-hydrogen) atoms. The zero-order valence-electron chi connectivity index (χ0n) is 10.2. The first-order valence-corrected chi connectivity index (χ1v) is 5.87. The monoisotopic (exact) mass is 264 g/mol. The molecule has 0 N–H and O–H groups in total. The van der Waals surface area contributed by atoms with Crippen LogP contribution in [-0.4, -0.2) is 18.4 Å². The Morgan fingerprint density at radius 1 is 1.39 bits per heavy atom. The van der Waals surface area contributed by atoms with E-state index in [1.807, 2.05) is 0 Å². The first kappa shape index (κ1) is 14.3. The van der Waals surface area contributed by atoms with Gasteiger partial charge in [-0.3, -0.25) is 9.59 Å².